The summed E-state index contributed by atoms with van der Waals surface area (Å²) in [4.78, 5) is 20.1. The number of carbonyl (C=O) groups is 1. The summed E-state index contributed by atoms with van der Waals surface area (Å²) < 4.78 is 0. The Labute approximate surface area is 147 Å². The molecule has 0 bridgehead atoms. The first-order valence-corrected chi connectivity index (χ1v) is 9.26. The number of nitrogens with zero attached hydrogens (tertiary/aromatic N) is 2. The van der Waals surface area contributed by atoms with Gasteiger partial charge in [-0.1, -0.05) is 23.8 Å². The molecule has 1 N–H and O–H groups in total. The van der Waals surface area contributed by atoms with Crippen molar-refractivity contribution in [3.8, 4) is 10.6 Å². The zero-order valence-electron chi connectivity index (χ0n) is 14.5. The van der Waals surface area contributed by atoms with Crippen LogP contribution in [-0.4, -0.2) is 40.6 Å². The van der Waals surface area contributed by atoms with Crippen molar-refractivity contribution in [2.24, 2.45) is 5.92 Å². The number of aliphatic hydroxyl groups excluding tert-OH is 1. The predicted octanol–water partition coefficient (Wildman–Crippen LogP) is 3.58. The van der Waals surface area contributed by atoms with E-state index in [1.165, 1.54) is 22.5 Å². The van der Waals surface area contributed by atoms with Gasteiger partial charge in [0.15, 0.2) is 0 Å². The van der Waals surface area contributed by atoms with Gasteiger partial charge in [-0.2, -0.15) is 0 Å². The molecule has 3 rings (SSSR count). The molecule has 1 fully saturated rings. The van der Waals surface area contributed by atoms with Crippen LogP contribution in [0.3, 0.4) is 0 Å². The highest BCUT2D eigenvalue weighted by Crippen LogP contribution is 2.32. The largest absolute Gasteiger partial charge is 0.396 e. The lowest BCUT2D eigenvalue weighted by molar-refractivity contribution is 0.0624. The van der Waals surface area contributed by atoms with E-state index in [2.05, 4.69) is 37.0 Å². The fourth-order valence-electron chi connectivity index (χ4n) is 3.31. The molecule has 1 atom stereocenters. The zero-order chi connectivity index (χ0) is 17.3. The van der Waals surface area contributed by atoms with Crippen LogP contribution in [-0.2, 0) is 0 Å². The molecule has 1 amide bonds. The number of amides is 1. The van der Waals surface area contributed by atoms with Crippen molar-refractivity contribution in [3.05, 3.63) is 39.9 Å². The highest BCUT2D eigenvalue weighted by Gasteiger charge is 2.27. The monoisotopic (exact) mass is 344 g/mol. The fourth-order valence-corrected chi connectivity index (χ4v) is 4.43. The Kier molecular flexibility index (Phi) is 5.01. The predicted molar refractivity (Wildman–Crippen MR) is 97.5 cm³/mol. The second-order valence-corrected chi connectivity index (χ2v) is 7.69. The Bertz CT molecular complexity index is 754. The van der Waals surface area contributed by atoms with Crippen LogP contribution in [0, 0.1) is 26.7 Å². The van der Waals surface area contributed by atoms with Gasteiger partial charge in [-0.05, 0) is 45.1 Å². The fraction of sp³-hybridized carbons (Fsp3) is 0.474. The lowest BCUT2D eigenvalue weighted by Gasteiger charge is -2.31. The number of likely N-dealkylation sites (tertiary alicyclic amines) is 1. The Balaban J connectivity index is 1.87. The van der Waals surface area contributed by atoms with Crippen LogP contribution < -0.4 is 0 Å². The van der Waals surface area contributed by atoms with Crippen LogP contribution in [0.1, 0.15) is 39.3 Å². The number of carbonyl (C=O) groups excluding carboxylic acids is 1. The lowest BCUT2D eigenvalue weighted by atomic mass is 9.99. The first-order valence-electron chi connectivity index (χ1n) is 8.44. The average molecular weight is 344 g/mol. The number of benzene rings is 1. The minimum absolute atomic E-state index is 0.0548. The van der Waals surface area contributed by atoms with Gasteiger partial charge in [0.2, 0.25) is 0 Å². The standard InChI is InChI=1S/C19H24N2O2S/c1-12-6-7-16(13(2)9-12)18-20-14(3)17(24-18)19(23)21-8-4-5-15(10-21)11-22/h6-7,9,15,22H,4-5,8,10-11H2,1-3H3. The summed E-state index contributed by atoms with van der Waals surface area (Å²) in [7, 11) is 0. The van der Waals surface area contributed by atoms with Gasteiger partial charge < -0.3 is 10.0 Å². The Morgan fingerprint density at radius 2 is 2.17 bits per heavy atom. The van der Waals surface area contributed by atoms with Gasteiger partial charge in [0.05, 0.1) is 5.69 Å². The smallest absolute Gasteiger partial charge is 0.265 e. The van der Waals surface area contributed by atoms with Crippen LogP contribution in [0.25, 0.3) is 10.6 Å². The molecule has 1 unspecified atom stereocenters. The molecule has 1 aromatic heterocycles. The van der Waals surface area contributed by atoms with E-state index in [0.29, 0.717) is 6.54 Å². The maximum atomic E-state index is 12.9. The Morgan fingerprint density at radius 3 is 2.88 bits per heavy atom. The minimum Gasteiger partial charge on any atom is -0.396 e. The Hall–Kier alpha value is -1.72. The summed E-state index contributed by atoms with van der Waals surface area (Å²) in [6, 6.07) is 6.31. The molecule has 0 radical (unpaired) electrons. The third-order valence-corrected chi connectivity index (χ3v) is 5.85. The highest BCUT2D eigenvalue weighted by atomic mass is 32.1. The number of thiazole rings is 1. The number of hydrogen-bond donors (Lipinski definition) is 1. The van der Waals surface area contributed by atoms with Crippen LogP contribution in [0.15, 0.2) is 18.2 Å². The summed E-state index contributed by atoms with van der Waals surface area (Å²) in [5.41, 5.74) is 4.30. The van der Waals surface area contributed by atoms with Crippen LogP contribution in [0.5, 0.6) is 0 Å². The number of aliphatic hydroxyl groups is 1. The van der Waals surface area contributed by atoms with Crippen LogP contribution in [0.4, 0.5) is 0 Å². The molecule has 2 aromatic rings. The molecule has 1 aliphatic heterocycles. The molecular weight excluding hydrogens is 320 g/mol. The van der Waals surface area contributed by atoms with E-state index < -0.39 is 0 Å². The van der Waals surface area contributed by atoms with Crippen molar-refractivity contribution in [1.29, 1.82) is 0 Å². The first kappa shape index (κ1) is 17.1. The number of aromatic nitrogens is 1. The average Bonchev–Trinajstić information content (AvgIpc) is 2.95. The van der Waals surface area contributed by atoms with E-state index in [1.54, 1.807) is 0 Å². The molecule has 2 heterocycles. The third-order valence-electron chi connectivity index (χ3n) is 4.67. The second kappa shape index (κ2) is 7.03. The van der Waals surface area contributed by atoms with Crippen LogP contribution in [0.2, 0.25) is 0 Å². The van der Waals surface area contributed by atoms with Gasteiger partial charge in [-0.15, -0.1) is 11.3 Å². The van der Waals surface area contributed by atoms with Gasteiger partial charge in [0, 0.05) is 25.3 Å². The molecule has 0 aliphatic carbocycles. The van der Waals surface area contributed by atoms with Gasteiger partial charge in [0.25, 0.3) is 5.91 Å². The van der Waals surface area contributed by atoms with Crippen molar-refractivity contribution in [2.75, 3.05) is 19.7 Å². The molecule has 0 spiro atoms. The van der Waals surface area contributed by atoms with Gasteiger partial charge in [-0.25, -0.2) is 4.98 Å². The minimum atomic E-state index is 0.0548. The van der Waals surface area contributed by atoms with Crippen molar-refractivity contribution < 1.29 is 9.90 Å². The lowest BCUT2D eigenvalue weighted by Crippen LogP contribution is -2.40. The molecule has 4 nitrogen and oxygen atoms in total. The maximum Gasteiger partial charge on any atom is 0.265 e. The number of aryl methyl sites for hydroxylation is 3. The summed E-state index contributed by atoms with van der Waals surface area (Å²) >= 11 is 1.48. The van der Waals surface area contributed by atoms with E-state index in [4.69, 9.17) is 0 Å². The van der Waals surface area contributed by atoms with Crippen molar-refractivity contribution in [3.63, 3.8) is 0 Å². The SMILES string of the molecule is Cc1ccc(-c2nc(C)c(C(=O)N3CCCC(CO)C3)s2)c(C)c1. The normalized spacial score (nSPS) is 18.0. The first-order chi connectivity index (χ1) is 11.5. The second-order valence-electron chi connectivity index (χ2n) is 6.69. The molecule has 1 aliphatic rings. The number of piperidine rings is 1. The highest BCUT2D eigenvalue weighted by molar-refractivity contribution is 7.17. The maximum absolute atomic E-state index is 12.9. The Morgan fingerprint density at radius 1 is 1.38 bits per heavy atom. The van der Waals surface area contributed by atoms with Gasteiger partial charge in [-0.3, -0.25) is 4.79 Å². The molecule has 0 saturated carbocycles. The van der Waals surface area contributed by atoms with E-state index in [9.17, 15) is 9.90 Å². The summed E-state index contributed by atoms with van der Waals surface area (Å²) in [6.07, 6.45) is 1.95. The summed E-state index contributed by atoms with van der Waals surface area (Å²) in [6.45, 7) is 7.63. The van der Waals surface area contributed by atoms with E-state index >= 15 is 0 Å². The van der Waals surface area contributed by atoms with Gasteiger partial charge >= 0.3 is 0 Å². The molecule has 1 saturated heterocycles. The number of hydrogen-bond acceptors (Lipinski definition) is 4. The summed E-state index contributed by atoms with van der Waals surface area (Å²) in [5, 5.41) is 10.3. The van der Waals surface area contributed by atoms with Crippen LogP contribution >= 0.6 is 11.3 Å². The van der Waals surface area contributed by atoms with E-state index in [1.807, 2.05) is 11.8 Å². The third kappa shape index (κ3) is 3.37. The van der Waals surface area contributed by atoms with E-state index in [-0.39, 0.29) is 18.4 Å². The molecule has 24 heavy (non-hydrogen) atoms. The van der Waals surface area contributed by atoms with Gasteiger partial charge in [0.1, 0.15) is 9.88 Å². The quantitative estimate of drug-likeness (QED) is 0.926. The number of rotatable bonds is 3. The van der Waals surface area contributed by atoms with E-state index in [0.717, 1.165) is 40.5 Å². The van der Waals surface area contributed by atoms with Crippen molar-refractivity contribution >= 4 is 17.2 Å². The zero-order valence-corrected chi connectivity index (χ0v) is 15.3. The molecule has 128 valence electrons. The topological polar surface area (TPSA) is 53.4 Å². The molecule has 5 heteroatoms. The van der Waals surface area contributed by atoms with Crippen molar-refractivity contribution in [1.82, 2.24) is 9.88 Å². The molecule has 1 aromatic carbocycles. The molecular formula is C19H24N2O2S. The van der Waals surface area contributed by atoms with Crippen molar-refractivity contribution in [2.45, 2.75) is 33.6 Å². The summed E-state index contributed by atoms with van der Waals surface area (Å²) in [5.74, 6) is 0.258.